The zero-order chi connectivity index (χ0) is 29.6. The minimum Gasteiger partial charge on any atom is -0.467 e. The summed E-state index contributed by atoms with van der Waals surface area (Å²) in [6.45, 7) is 11.7. The maximum Gasteiger partial charge on any atom is 0.339 e. The van der Waals surface area contributed by atoms with Gasteiger partial charge in [-0.1, -0.05) is 138 Å². The van der Waals surface area contributed by atoms with Crippen LogP contribution >= 0.6 is 0 Å². The van der Waals surface area contributed by atoms with Crippen LogP contribution in [0.25, 0.3) is 0 Å². The fourth-order valence-corrected chi connectivity index (χ4v) is 11.4. The van der Waals surface area contributed by atoms with Crippen molar-refractivity contribution in [1.29, 1.82) is 0 Å². The van der Waals surface area contributed by atoms with Gasteiger partial charge in [-0.25, -0.2) is 4.79 Å². The van der Waals surface area contributed by atoms with Gasteiger partial charge in [0.25, 0.3) is 8.32 Å². The van der Waals surface area contributed by atoms with E-state index in [9.17, 15) is 4.79 Å². The molecule has 3 aromatic rings. The second-order valence-corrected chi connectivity index (χ2v) is 16.9. The molecule has 218 valence electrons. The lowest BCUT2D eigenvalue weighted by molar-refractivity contribution is -0.205. The van der Waals surface area contributed by atoms with E-state index in [1.807, 2.05) is 30.3 Å². The molecule has 3 atom stereocenters. The van der Waals surface area contributed by atoms with Crippen LogP contribution in [0.5, 0.6) is 0 Å². The Balaban J connectivity index is 1.81. The lowest BCUT2D eigenvalue weighted by Crippen LogP contribution is -2.68. The maximum atomic E-state index is 14.0. The molecule has 0 saturated heterocycles. The molecular formula is C36H46O4Si. The number of hydrogen-bond acceptors (Lipinski definition) is 4. The summed E-state index contributed by atoms with van der Waals surface area (Å²) in [5.74, 6) is -0.644. The van der Waals surface area contributed by atoms with Crippen LogP contribution in [0.15, 0.2) is 103 Å². The van der Waals surface area contributed by atoms with Crippen LogP contribution in [0.2, 0.25) is 5.04 Å². The monoisotopic (exact) mass is 570 g/mol. The lowest BCUT2D eigenvalue weighted by Gasteiger charge is -2.50. The summed E-state index contributed by atoms with van der Waals surface area (Å²) in [5.41, 5.74) is -0.773. The molecule has 3 aromatic carbocycles. The molecule has 0 aromatic heterocycles. The van der Waals surface area contributed by atoms with Crippen molar-refractivity contribution < 1.29 is 18.7 Å². The normalized spacial score (nSPS) is 19.8. The van der Waals surface area contributed by atoms with Crippen molar-refractivity contribution in [3.05, 3.63) is 109 Å². The summed E-state index contributed by atoms with van der Waals surface area (Å²) in [7, 11) is -1.36. The zero-order valence-electron chi connectivity index (χ0n) is 25.6. The first-order valence-corrected chi connectivity index (χ1v) is 16.7. The van der Waals surface area contributed by atoms with Crippen LogP contribution in [-0.2, 0) is 25.3 Å². The third kappa shape index (κ3) is 5.99. The minimum absolute atomic E-state index is 0.178. The highest BCUT2D eigenvalue weighted by molar-refractivity contribution is 6.99. The topological polar surface area (TPSA) is 44.8 Å². The van der Waals surface area contributed by atoms with Crippen LogP contribution in [-0.4, -0.2) is 33.6 Å². The molecule has 0 unspecified atom stereocenters. The Bertz CT molecular complexity index is 1250. The van der Waals surface area contributed by atoms with E-state index in [-0.39, 0.29) is 16.9 Å². The largest absolute Gasteiger partial charge is 0.467 e. The number of methoxy groups -OCH3 is 1. The molecule has 1 aliphatic rings. The number of carbonyl (C=O) groups is 1. The Hall–Kier alpha value is -2.99. The third-order valence-electron chi connectivity index (χ3n) is 8.86. The molecular weight excluding hydrogens is 524 g/mol. The highest BCUT2D eigenvalue weighted by Crippen LogP contribution is 2.49. The van der Waals surface area contributed by atoms with Gasteiger partial charge in [0.15, 0.2) is 5.60 Å². The van der Waals surface area contributed by atoms with Gasteiger partial charge in [-0.05, 0) is 40.2 Å². The van der Waals surface area contributed by atoms with Gasteiger partial charge < -0.3 is 13.9 Å². The molecule has 0 bridgehead atoms. The van der Waals surface area contributed by atoms with Gasteiger partial charge in [0, 0.05) is 17.9 Å². The van der Waals surface area contributed by atoms with E-state index in [4.69, 9.17) is 13.9 Å². The van der Waals surface area contributed by atoms with Crippen molar-refractivity contribution in [2.75, 3.05) is 13.7 Å². The Labute approximate surface area is 247 Å². The van der Waals surface area contributed by atoms with E-state index in [1.54, 1.807) is 0 Å². The third-order valence-corrected chi connectivity index (χ3v) is 13.9. The second kappa shape index (κ2) is 12.9. The number of carbonyl (C=O) groups excluding carboxylic acids is 1. The summed E-state index contributed by atoms with van der Waals surface area (Å²) in [5, 5.41) is 2.25. The summed E-state index contributed by atoms with van der Waals surface area (Å²) < 4.78 is 19.8. The fraction of sp³-hybridized carbons (Fsp3) is 0.417. The van der Waals surface area contributed by atoms with Gasteiger partial charge >= 0.3 is 5.97 Å². The molecule has 0 amide bonds. The van der Waals surface area contributed by atoms with Gasteiger partial charge in [0.05, 0.1) is 13.7 Å². The van der Waals surface area contributed by atoms with Gasteiger partial charge in [-0.15, -0.1) is 0 Å². The molecule has 4 rings (SSSR count). The van der Waals surface area contributed by atoms with Crippen molar-refractivity contribution in [1.82, 2.24) is 0 Å². The summed E-state index contributed by atoms with van der Waals surface area (Å²) in [6.07, 6.45) is 7.18. The summed E-state index contributed by atoms with van der Waals surface area (Å²) in [6, 6.07) is 31.3. The lowest BCUT2D eigenvalue weighted by atomic mass is 9.62. The van der Waals surface area contributed by atoms with Crippen LogP contribution < -0.4 is 10.4 Å². The molecule has 5 heteroatoms. The molecule has 0 aliphatic heterocycles. The number of hydrogen-bond donors (Lipinski definition) is 0. The Kier molecular flexibility index (Phi) is 9.73. The quantitative estimate of drug-likeness (QED) is 0.140. The van der Waals surface area contributed by atoms with Gasteiger partial charge in [-0.2, -0.15) is 0 Å². The van der Waals surface area contributed by atoms with Gasteiger partial charge in [0.1, 0.15) is 0 Å². The van der Waals surface area contributed by atoms with E-state index < -0.39 is 19.3 Å². The molecule has 0 heterocycles. The first-order chi connectivity index (χ1) is 19.6. The molecule has 0 saturated carbocycles. The predicted molar refractivity (Wildman–Crippen MR) is 170 cm³/mol. The standard InChI is InChI=1S/C36H46O4Si/c1-29(27-40-41(34(2,3)4,31-21-13-8-14-22-31)32-23-15-9-16-24-32)36(33(37)38-6,35(5)25-17-10-18-26-35)39-28-30-19-11-7-12-20-30/h7-9,11-17,19-25,29H,10,18,26-28H2,1-6H3/t29-,35-,36+/m0/s1. The summed E-state index contributed by atoms with van der Waals surface area (Å²) >= 11 is 0. The van der Waals surface area contributed by atoms with E-state index >= 15 is 0 Å². The van der Waals surface area contributed by atoms with Gasteiger partial charge in [-0.3, -0.25) is 0 Å². The van der Waals surface area contributed by atoms with E-state index in [1.165, 1.54) is 17.5 Å². The van der Waals surface area contributed by atoms with Gasteiger partial charge in [0.2, 0.25) is 0 Å². The summed E-state index contributed by atoms with van der Waals surface area (Å²) in [4.78, 5) is 14.0. The Morgan fingerprint density at radius 2 is 1.44 bits per heavy atom. The van der Waals surface area contributed by atoms with E-state index in [2.05, 4.69) is 107 Å². The zero-order valence-corrected chi connectivity index (χ0v) is 26.6. The number of benzene rings is 3. The van der Waals surface area contributed by atoms with Crippen molar-refractivity contribution in [3.8, 4) is 0 Å². The first-order valence-electron chi connectivity index (χ1n) is 14.8. The SMILES string of the molecule is COC(=O)[C@](OCc1ccccc1)([C@@H](C)CO[Si](c1ccccc1)(c1ccccc1)C(C)(C)C)[C@@]1(C)C=CCCC1. The Morgan fingerprint density at radius 3 is 1.90 bits per heavy atom. The molecule has 0 spiro atoms. The van der Waals surface area contributed by atoms with Crippen molar-refractivity contribution >= 4 is 24.7 Å². The average molecular weight is 571 g/mol. The molecule has 0 N–H and O–H groups in total. The van der Waals surface area contributed by atoms with Crippen LogP contribution in [0.1, 0.15) is 59.4 Å². The molecule has 0 fully saturated rings. The first kappa shape index (κ1) is 31.0. The molecule has 4 nitrogen and oxygen atoms in total. The Morgan fingerprint density at radius 1 is 0.902 bits per heavy atom. The maximum absolute atomic E-state index is 14.0. The minimum atomic E-state index is -2.82. The molecule has 41 heavy (non-hydrogen) atoms. The number of esters is 1. The molecule has 0 radical (unpaired) electrons. The van der Waals surface area contributed by atoms with E-state index in [0.717, 1.165) is 24.8 Å². The van der Waals surface area contributed by atoms with E-state index in [0.29, 0.717) is 13.2 Å². The van der Waals surface area contributed by atoms with Crippen molar-refractivity contribution in [2.24, 2.45) is 11.3 Å². The smallest absolute Gasteiger partial charge is 0.339 e. The number of ether oxygens (including phenoxy) is 2. The van der Waals surface area contributed by atoms with Crippen LogP contribution in [0.3, 0.4) is 0 Å². The van der Waals surface area contributed by atoms with Crippen LogP contribution in [0, 0.1) is 11.3 Å². The van der Waals surface area contributed by atoms with Crippen LogP contribution in [0.4, 0.5) is 0 Å². The highest BCUT2D eigenvalue weighted by atomic mass is 28.4. The van der Waals surface area contributed by atoms with Crippen molar-refractivity contribution in [2.45, 2.75) is 71.1 Å². The predicted octanol–water partition coefficient (Wildman–Crippen LogP) is 7.07. The number of allylic oxidation sites excluding steroid dienone is 1. The average Bonchev–Trinajstić information content (AvgIpc) is 2.99. The second-order valence-electron chi connectivity index (χ2n) is 12.6. The highest BCUT2D eigenvalue weighted by Gasteiger charge is 2.59. The van der Waals surface area contributed by atoms with Crippen molar-refractivity contribution in [3.63, 3.8) is 0 Å². The number of rotatable bonds is 11. The fourth-order valence-electron chi connectivity index (χ4n) is 6.74. The molecule has 1 aliphatic carbocycles.